The van der Waals surface area contributed by atoms with E-state index >= 15 is 0 Å². The highest BCUT2D eigenvalue weighted by Crippen LogP contribution is 2.33. The van der Waals surface area contributed by atoms with Gasteiger partial charge in [0.15, 0.2) is 0 Å². The maximum absolute atomic E-state index is 12.1. The van der Waals surface area contributed by atoms with Crippen LogP contribution in [-0.4, -0.2) is 53.8 Å². The van der Waals surface area contributed by atoms with Gasteiger partial charge in [-0.2, -0.15) is 0 Å². The Bertz CT molecular complexity index is 461. The van der Waals surface area contributed by atoms with Gasteiger partial charge in [0, 0.05) is 38.3 Å². The average molecular weight is 293 g/mol. The largest absolute Gasteiger partial charge is 0.336 e. The first-order valence-electron chi connectivity index (χ1n) is 7.35. The fraction of sp³-hybridized carbons (Fsp3) is 0.667. The molecule has 0 aromatic heterocycles. The van der Waals surface area contributed by atoms with E-state index in [0.29, 0.717) is 5.92 Å². The summed E-state index contributed by atoms with van der Waals surface area (Å²) in [4.78, 5) is 37.7. The lowest BCUT2D eigenvalue weighted by molar-refractivity contribution is -0.136. The topological polar surface area (TPSA) is 69.7 Å². The summed E-state index contributed by atoms with van der Waals surface area (Å²) >= 11 is 0. The van der Waals surface area contributed by atoms with E-state index in [1.165, 1.54) is 12.2 Å². The highest BCUT2D eigenvalue weighted by molar-refractivity contribution is 6.12. The molecule has 0 aromatic carbocycles. The highest BCUT2D eigenvalue weighted by Gasteiger charge is 2.33. The van der Waals surface area contributed by atoms with Crippen LogP contribution in [0.15, 0.2) is 12.2 Å². The lowest BCUT2D eigenvalue weighted by atomic mass is 9.80. The summed E-state index contributed by atoms with van der Waals surface area (Å²) in [6.45, 7) is 8.60. The highest BCUT2D eigenvalue weighted by atomic mass is 16.2. The Morgan fingerprint density at radius 1 is 1.29 bits per heavy atom. The summed E-state index contributed by atoms with van der Waals surface area (Å²) in [7, 11) is 0. The minimum atomic E-state index is -0.316. The first kappa shape index (κ1) is 15.5. The number of rotatable bonds is 3. The number of nitrogens with one attached hydrogen (secondary N) is 1. The predicted octanol–water partition coefficient (Wildman–Crippen LogP) is 0.989. The molecule has 21 heavy (non-hydrogen) atoms. The van der Waals surface area contributed by atoms with E-state index in [-0.39, 0.29) is 36.3 Å². The van der Waals surface area contributed by atoms with Crippen molar-refractivity contribution in [2.45, 2.75) is 27.2 Å². The zero-order valence-electron chi connectivity index (χ0n) is 12.9. The molecule has 4 amide bonds. The Hall–Kier alpha value is -1.85. The molecule has 1 N–H and O–H groups in total. The first-order chi connectivity index (χ1) is 9.79. The molecule has 1 fully saturated rings. The molecule has 6 heteroatoms. The third-order valence-electron chi connectivity index (χ3n) is 4.21. The summed E-state index contributed by atoms with van der Waals surface area (Å²) in [6.07, 6.45) is 3.51. The van der Waals surface area contributed by atoms with E-state index in [9.17, 15) is 14.4 Å². The van der Waals surface area contributed by atoms with Crippen LogP contribution in [0.25, 0.3) is 0 Å². The third-order valence-corrected chi connectivity index (χ3v) is 4.21. The zero-order chi connectivity index (χ0) is 15.6. The molecule has 0 saturated carbocycles. The van der Waals surface area contributed by atoms with Crippen LogP contribution in [-0.2, 0) is 9.59 Å². The number of likely N-dealkylation sites (tertiary alicyclic amines) is 1. The summed E-state index contributed by atoms with van der Waals surface area (Å²) < 4.78 is 0. The fourth-order valence-electron chi connectivity index (χ4n) is 2.69. The molecule has 6 nitrogen and oxygen atoms in total. The Morgan fingerprint density at radius 2 is 1.90 bits per heavy atom. The van der Waals surface area contributed by atoms with Crippen LogP contribution in [0.2, 0.25) is 0 Å². The van der Waals surface area contributed by atoms with Gasteiger partial charge in [-0.25, -0.2) is 4.79 Å². The molecule has 1 atom stereocenters. The zero-order valence-corrected chi connectivity index (χ0v) is 12.9. The second-order valence-electron chi connectivity index (χ2n) is 6.69. The molecule has 2 aliphatic rings. The van der Waals surface area contributed by atoms with Gasteiger partial charge >= 0.3 is 6.03 Å². The summed E-state index contributed by atoms with van der Waals surface area (Å²) in [6, 6.07) is -0.117. The van der Waals surface area contributed by atoms with E-state index in [1.54, 1.807) is 0 Å². The van der Waals surface area contributed by atoms with Crippen LogP contribution in [0.5, 0.6) is 0 Å². The van der Waals surface area contributed by atoms with Crippen molar-refractivity contribution in [2.75, 3.05) is 26.2 Å². The standard InChI is InChI=1S/C15H23N3O3/c1-15(2,3)11-6-8-17(10-11)14(21)16-7-9-18-12(19)4-5-13(18)20/h4-5,11H,6-10H2,1-3H3,(H,16,21)/t11-/m1/s1. The smallest absolute Gasteiger partial charge is 0.317 e. The van der Waals surface area contributed by atoms with Crippen LogP contribution in [0.1, 0.15) is 27.2 Å². The molecule has 0 aromatic rings. The molecule has 0 spiro atoms. The van der Waals surface area contributed by atoms with E-state index in [1.807, 2.05) is 4.90 Å². The number of nitrogens with zero attached hydrogens (tertiary/aromatic N) is 2. The quantitative estimate of drug-likeness (QED) is 0.789. The van der Waals surface area contributed by atoms with E-state index in [2.05, 4.69) is 26.1 Å². The molecule has 116 valence electrons. The SMILES string of the molecule is CC(C)(C)[C@@H]1CCN(C(=O)NCCN2C(=O)C=CC2=O)C1. The fourth-order valence-corrected chi connectivity index (χ4v) is 2.69. The Morgan fingerprint density at radius 3 is 2.43 bits per heavy atom. The van der Waals surface area contributed by atoms with E-state index < -0.39 is 0 Å². The number of carbonyl (C=O) groups is 3. The number of urea groups is 1. The van der Waals surface area contributed by atoms with Gasteiger partial charge in [0.1, 0.15) is 0 Å². The van der Waals surface area contributed by atoms with Crippen LogP contribution >= 0.6 is 0 Å². The van der Waals surface area contributed by atoms with Gasteiger partial charge in [-0.3, -0.25) is 14.5 Å². The summed E-state index contributed by atoms with van der Waals surface area (Å²) in [5.41, 5.74) is 0.203. The van der Waals surface area contributed by atoms with Crippen molar-refractivity contribution in [2.24, 2.45) is 11.3 Å². The Labute approximate surface area is 125 Å². The number of amides is 4. The van der Waals surface area contributed by atoms with Crippen molar-refractivity contribution in [3.05, 3.63) is 12.2 Å². The monoisotopic (exact) mass is 293 g/mol. The van der Waals surface area contributed by atoms with Crippen LogP contribution < -0.4 is 5.32 Å². The molecule has 0 aliphatic carbocycles. The van der Waals surface area contributed by atoms with E-state index in [4.69, 9.17) is 0 Å². The summed E-state index contributed by atoms with van der Waals surface area (Å²) in [5, 5.41) is 2.78. The molecule has 2 aliphatic heterocycles. The van der Waals surface area contributed by atoms with Crippen LogP contribution in [0.4, 0.5) is 4.79 Å². The van der Waals surface area contributed by atoms with Gasteiger partial charge < -0.3 is 10.2 Å². The Balaban J connectivity index is 1.74. The lowest BCUT2D eigenvalue weighted by Gasteiger charge is -2.27. The van der Waals surface area contributed by atoms with Gasteiger partial charge in [-0.15, -0.1) is 0 Å². The maximum atomic E-state index is 12.1. The molecule has 2 heterocycles. The van der Waals surface area contributed by atoms with Crippen molar-refractivity contribution in [3.63, 3.8) is 0 Å². The van der Waals surface area contributed by atoms with Crippen molar-refractivity contribution in [1.29, 1.82) is 0 Å². The second kappa shape index (κ2) is 5.87. The predicted molar refractivity (Wildman–Crippen MR) is 78.4 cm³/mol. The van der Waals surface area contributed by atoms with Crippen molar-refractivity contribution >= 4 is 17.8 Å². The van der Waals surface area contributed by atoms with Crippen molar-refractivity contribution < 1.29 is 14.4 Å². The van der Waals surface area contributed by atoms with Gasteiger partial charge in [-0.1, -0.05) is 20.8 Å². The molecular weight excluding hydrogens is 270 g/mol. The van der Waals surface area contributed by atoms with Gasteiger partial charge in [-0.05, 0) is 17.8 Å². The average Bonchev–Trinajstić information content (AvgIpc) is 2.99. The maximum Gasteiger partial charge on any atom is 0.317 e. The normalized spacial score (nSPS) is 22.3. The third kappa shape index (κ3) is 3.62. The minimum absolute atomic E-state index is 0.117. The van der Waals surface area contributed by atoms with Crippen LogP contribution in [0, 0.1) is 11.3 Å². The summed E-state index contributed by atoms with van der Waals surface area (Å²) in [5.74, 6) is -0.124. The number of imide groups is 1. The molecule has 2 rings (SSSR count). The second-order valence-corrected chi connectivity index (χ2v) is 6.69. The molecule has 0 bridgehead atoms. The first-order valence-corrected chi connectivity index (χ1v) is 7.35. The molecule has 0 unspecified atom stereocenters. The van der Waals surface area contributed by atoms with Crippen LogP contribution in [0.3, 0.4) is 0 Å². The van der Waals surface area contributed by atoms with Gasteiger partial charge in [0.25, 0.3) is 11.8 Å². The Kier molecular flexibility index (Phi) is 4.34. The number of hydrogen-bond donors (Lipinski definition) is 1. The number of hydrogen-bond acceptors (Lipinski definition) is 3. The van der Waals surface area contributed by atoms with Crippen molar-refractivity contribution in [1.82, 2.24) is 15.1 Å². The van der Waals surface area contributed by atoms with E-state index in [0.717, 1.165) is 24.4 Å². The molecular formula is C15H23N3O3. The molecule has 1 saturated heterocycles. The minimum Gasteiger partial charge on any atom is -0.336 e. The van der Waals surface area contributed by atoms with Crippen molar-refractivity contribution in [3.8, 4) is 0 Å². The lowest BCUT2D eigenvalue weighted by Crippen LogP contribution is -2.43. The van der Waals surface area contributed by atoms with Gasteiger partial charge in [0.05, 0.1) is 0 Å². The van der Waals surface area contributed by atoms with Gasteiger partial charge in [0.2, 0.25) is 0 Å². The molecule has 0 radical (unpaired) electrons. The number of carbonyl (C=O) groups excluding carboxylic acids is 3.